The zero-order valence-electron chi connectivity index (χ0n) is 12.1. The van der Waals surface area contributed by atoms with E-state index in [4.69, 9.17) is 23.2 Å². The Labute approximate surface area is 140 Å². The number of ketones is 1. The lowest BCUT2D eigenvalue weighted by Crippen LogP contribution is -2.32. The van der Waals surface area contributed by atoms with Gasteiger partial charge in [0.1, 0.15) is 0 Å². The molecule has 0 saturated heterocycles. The van der Waals surface area contributed by atoms with Crippen LogP contribution in [0.2, 0.25) is 10.0 Å². The van der Waals surface area contributed by atoms with Crippen molar-refractivity contribution in [2.75, 3.05) is 0 Å². The van der Waals surface area contributed by atoms with E-state index in [1.807, 2.05) is 48.5 Å². The van der Waals surface area contributed by atoms with Crippen LogP contribution in [0.4, 0.5) is 0 Å². The Hall–Kier alpha value is -1.31. The van der Waals surface area contributed by atoms with E-state index in [9.17, 15) is 4.79 Å². The van der Waals surface area contributed by atoms with Gasteiger partial charge in [-0.3, -0.25) is 4.79 Å². The fourth-order valence-electron chi connectivity index (χ4n) is 3.57. The lowest BCUT2D eigenvalue weighted by atomic mass is 9.79. The van der Waals surface area contributed by atoms with Gasteiger partial charge < -0.3 is 0 Å². The molecule has 22 heavy (non-hydrogen) atoms. The third kappa shape index (κ3) is 2.11. The van der Waals surface area contributed by atoms with Crippen molar-refractivity contribution < 1.29 is 4.79 Å². The van der Waals surface area contributed by atoms with Crippen molar-refractivity contribution >= 4 is 29.0 Å². The molecule has 0 atom stereocenters. The first-order chi connectivity index (χ1) is 10.6. The van der Waals surface area contributed by atoms with Crippen LogP contribution in [-0.2, 0) is 15.6 Å². The van der Waals surface area contributed by atoms with Gasteiger partial charge in [0.15, 0.2) is 5.78 Å². The number of halogens is 2. The normalized spacial score (nSPS) is 20.5. The number of hydrogen-bond acceptors (Lipinski definition) is 1. The first-order valence-electron chi connectivity index (χ1n) is 7.64. The van der Waals surface area contributed by atoms with Crippen molar-refractivity contribution in [1.29, 1.82) is 0 Å². The maximum Gasteiger partial charge on any atom is 0.153 e. The molecule has 0 aliphatic heterocycles. The highest BCUT2D eigenvalue weighted by molar-refractivity contribution is 6.31. The van der Waals surface area contributed by atoms with Gasteiger partial charge in [0, 0.05) is 10.0 Å². The summed E-state index contributed by atoms with van der Waals surface area (Å²) in [5, 5.41) is 1.40. The van der Waals surface area contributed by atoms with Gasteiger partial charge in [0.25, 0.3) is 0 Å². The van der Waals surface area contributed by atoms with E-state index in [0.717, 1.165) is 36.8 Å². The lowest BCUT2D eigenvalue weighted by molar-refractivity contribution is -0.124. The van der Waals surface area contributed by atoms with E-state index in [1.54, 1.807) is 0 Å². The SMILES string of the molecule is O=C(C1(c2cccc(Cl)c2)CC1)C1(c2cccc(Cl)c2)CC1. The topological polar surface area (TPSA) is 17.1 Å². The van der Waals surface area contributed by atoms with Crippen LogP contribution >= 0.6 is 23.2 Å². The average Bonchev–Trinajstić information content (AvgIpc) is 3.40. The minimum Gasteiger partial charge on any atom is -0.298 e. The molecule has 0 unspecified atom stereocenters. The minimum atomic E-state index is -0.330. The third-order valence-electron chi connectivity index (χ3n) is 5.12. The predicted molar refractivity (Wildman–Crippen MR) is 89.7 cm³/mol. The highest BCUT2D eigenvalue weighted by Gasteiger charge is 2.63. The highest BCUT2D eigenvalue weighted by atomic mass is 35.5. The maximum absolute atomic E-state index is 13.3. The monoisotopic (exact) mass is 330 g/mol. The molecular formula is C19H16Cl2O. The molecular weight excluding hydrogens is 315 g/mol. The first kappa shape index (κ1) is 14.3. The Morgan fingerprint density at radius 2 is 1.18 bits per heavy atom. The molecule has 2 aromatic rings. The average molecular weight is 331 g/mol. The molecule has 3 heteroatoms. The quantitative estimate of drug-likeness (QED) is 0.740. The van der Waals surface area contributed by atoms with Crippen LogP contribution < -0.4 is 0 Å². The standard InChI is InChI=1S/C19H16Cl2O/c20-15-5-1-3-13(11-15)18(7-8-18)17(22)19(9-10-19)14-4-2-6-16(21)12-14/h1-6,11-12H,7-10H2. The summed E-state index contributed by atoms with van der Waals surface area (Å²) in [7, 11) is 0. The van der Waals surface area contributed by atoms with Crippen LogP contribution in [-0.4, -0.2) is 5.78 Å². The zero-order chi connectivity index (χ0) is 15.4. The predicted octanol–water partition coefficient (Wildman–Crippen LogP) is 5.33. The van der Waals surface area contributed by atoms with Crippen LogP contribution in [0, 0.1) is 0 Å². The summed E-state index contributed by atoms with van der Waals surface area (Å²) in [5.41, 5.74) is 1.48. The molecule has 0 bridgehead atoms. The molecule has 112 valence electrons. The molecule has 0 aromatic heterocycles. The summed E-state index contributed by atoms with van der Waals surface area (Å²) in [6, 6.07) is 15.5. The van der Waals surface area contributed by atoms with Gasteiger partial charge in [-0.2, -0.15) is 0 Å². The van der Waals surface area contributed by atoms with Gasteiger partial charge in [-0.25, -0.2) is 0 Å². The summed E-state index contributed by atoms with van der Waals surface area (Å²) in [5.74, 6) is 0.351. The number of hydrogen-bond donors (Lipinski definition) is 0. The first-order valence-corrected chi connectivity index (χ1v) is 8.39. The number of carbonyl (C=O) groups is 1. The number of carbonyl (C=O) groups excluding carboxylic acids is 1. The van der Waals surface area contributed by atoms with Gasteiger partial charge in [0.05, 0.1) is 10.8 Å². The molecule has 1 nitrogen and oxygen atoms in total. The van der Waals surface area contributed by atoms with E-state index in [0.29, 0.717) is 15.8 Å². The van der Waals surface area contributed by atoms with Crippen molar-refractivity contribution in [1.82, 2.24) is 0 Å². The van der Waals surface area contributed by atoms with E-state index in [2.05, 4.69) is 0 Å². The molecule has 0 radical (unpaired) electrons. The van der Waals surface area contributed by atoms with Crippen molar-refractivity contribution in [2.45, 2.75) is 36.5 Å². The van der Waals surface area contributed by atoms with Gasteiger partial charge in [-0.05, 0) is 61.1 Å². The fraction of sp³-hybridized carbons (Fsp3) is 0.316. The Bertz CT molecular complexity index is 694. The van der Waals surface area contributed by atoms with Gasteiger partial charge >= 0.3 is 0 Å². The lowest BCUT2D eigenvalue weighted by Gasteiger charge is -2.23. The molecule has 2 aliphatic rings. The highest BCUT2D eigenvalue weighted by Crippen LogP contribution is 2.60. The minimum absolute atomic E-state index is 0.330. The maximum atomic E-state index is 13.3. The molecule has 4 rings (SSSR count). The smallest absolute Gasteiger partial charge is 0.153 e. The van der Waals surface area contributed by atoms with Gasteiger partial charge in [-0.15, -0.1) is 0 Å². The van der Waals surface area contributed by atoms with E-state index < -0.39 is 0 Å². The molecule has 2 fully saturated rings. The van der Waals surface area contributed by atoms with E-state index in [1.165, 1.54) is 0 Å². The van der Waals surface area contributed by atoms with Crippen LogP contribution in [0.5, 0.6) is 0 Å². The largest absolute Gasteiger partial charge is 0.298 e. The van der Waals surface area contributed by atoms with Crippen molar-refractivity contribution in [2.24, 2.45) is 0 Å². The fourth-order valence-corrected chi connectivity index (χ4v) is 3.95. The van der Waals surface area contributed by atoms with E-state index in [-0.39, 0.29) is 10.8 Å². The molecule has 0 amide bonds. The second-order valence-corrected chi connectivity index (χ2v) is 7.39. The number of rotatable bonds is 4. The Balaban J connectivity index is 1.73. The Morgan fingerprint density at radius 1 is 0.773 bits per heavy atom. The van der Waals surface area contributed by atoms with Crippen molar-refractivity contribution in [3.8, 4) is 0 Å². The van der Waals surface area contributed by atoms with Gasteiger partial charge in [-0.1, -0.05) is 47.5 Å². The van der Waals surface area contributed by atoms with E-state index >= 15 is 0 Å². The summed E-state index contributed by atoms with van der Waals surface area (Å²) < 4.78 is 0. The van der Waals surface area contributed by atoms with Crippen molar-refractivity contribution in [3.63, 3.8) is 0 Å². The third-order valence-corrected chi connectivity index (χ3v) is 5.59. The second kappa shape index (κ2) is 4.84. The molecule has 2 aliphatic carbocycles. The van der Waals surface area contributed by atoms with Crippen LogP contribution in [0.1, 0.15) is 36.8 Å². The summed E-state index contributed by atoms with van der Waals surface area (Å²) in [6.45, 7) is 0. The Kier molecular flexibility index (Phi) is 3.15. The summed E-state index contributed by atoms with van der Waals surface area (Å²) in [4.78, 5) is 13.3. The molecule has 2 saturated carbocycles. The summed E-state index contributed by atoms with van der Waals surface area (Å²) in [6.07, 6.45) is 3.70. The molecule has 2 aromatic carbocycles. The zero-order valence-corrected chi connectivity index (χ0v) is 13.6. The van der Waals surface area contributed by atoms with Crippen LogP contribution in [0.25, 0.3) is 0 Å². The number of benzene rings is 2. The molecule has 0 N–H and O–H groups in total. The second-order valence-electron chi connectivity index (χ2n) is 6.51. The number of Topliss-reactive ketones (excluding diaryl/α,β-unsaturated/α-hetero) is 1. The molecule has 0 spiro atoms. The molecule has 0 heterocycles. The van der Waals surface area contributed by atoms with Crippen LogP contribution in [0.15, 0.2) is 48.5 Å². The summed E-state index contributed by atoms with van der Waals surface area (Å²) >= 11 is 12.2. The van der Waals surface area contributed by atoms with Crippen LogP contribution in [0.3, 0.4) is 0 Å². The van der Waals surface area contributed by atoms with Gasteiger partial charge in [0.2, 0.25) is 0 Å². The van der Waals surface area contributed by atoms with Crippen molar-refractivity contribution in [3.05, 3.63) is 69.7 Å². The Morgan fingerprint density at radius 3 is 1.50 bits per heavy atom.